The molecule has 0 atom stereocenters. The number of benzene rings is 1. The maximum atomic E-state index is 12.3. The summed E-state index contributed by atoms with van der Waals surface area (Å²) < 4.78 is 6.06. The first kappa shape index (κ1) is 18.6. The van der Waals surface area contributed by atoms with Crippen LogP contribution in [0, 0.1) is 0 Å². The highest BCUT2D eigenvalue weighted by molar-refractivity contribution is 9.10. The Bertz CT molecular complexity index is 620. The largest absolute Gasteiger partial charge is 0.507 e. The molecule has 1 aliphatic heterocycles. The van der Waals surface area contributed by atoms with E-state index in [4.69, 9.17) is 4.74 Å². The maximum absolute atomic E-state index is 12.3. The van der Waals surface area contributed by atoms with Gasteiger partial charge in [0.05, 0.1) is 5.56 Å². The van der Waals surface area contributed by atoms with Crippen LogP contribution in [0.1, 0.15) is 44.0 Å². The number of nitrogens with zero attached hydrogens (tertiary/aromatic N) is 1. The van der Waals surface area contributed by atoms with Crippen LogP contribution in [-0.2, 0) is 4.74 Å². The monoisotopic (exact) mass is 398 g/mol. The molecule has 0 bridgehead atoms. The molecule has 6 nitrogen and oxygen atoms in total. The molecule has 1 aromatic carbocycles. The molecule has 7 heteroatoms. The summed E-state index contributed by atoms with van der Waals surface area (Å²) in [7, 11) is 0. The zero-order chi connectivity index (χ0) is 17.9. The van der Waals surface area contributed by atoms with E-state index in [9.17, 15) is 14.7 Å². The lowest BCUT2D eigenvalue weighted by atomic mass is 10.0. The molecule has 1 heterocycles. The summed E-state index contributed by atoms with van der Waals surface area (Å²) in [6, 6.07) is 4.74. The summed E-state index contributed by atoms with van der Waals surface area (Å²) in [5.74, 6) is -0.371. The van der Waals surface area contributed by atoms with E-state index < -0.39 is 5.60 Å². The molecule has 1 aliphatic rings. The SMILES string of the molecule is CC(C)(C)OC(=O)N1CCC(NC(=O)c2ccc(Br)cc2O)CC1. The molecule has 2 rings (SSSR count). The van der Waals surface area contributed by atoms with Gasteiger partial charge in [-0.2, -0.15) is 0 Å². The van der Waals surface area contributed by atoms with Crippen LogP contribution >= 0.6 is 15.9 Å². The molecule has 1 aromatic rings. The Morgan fingerprint density at radius 1 is 1.29 bits per heavy atom. The summed E-state index contributed by atoms with van der Waals surface area (Å²) in [6.45, 7) is 6.58. The molecular formula is C17H23BrN2O4. The van der Waals surface area contributed by atoms with Gasteiger partial charge in [0.1, 0.15) is 11.4 Å². The highest BCUT2D eigenvalue weighted by Gasteiger charge is 2.27. The average molecular weight is 399 g/mol. The van der Waals surface area contributed by atoms with Gasteiger partial charge in [0.2, 0.25) is 0 Å². The van der Waals surface area contributed by atoms with Crippen molar-refractivity contribution in [3.05, 3.63) is 28.2 Å². The molecule has 0 spiro atoms. The fraction of sp³-hybridized carbons (Fsp3) is 0.529. The topological polar surface area (TPSA) is 78.9 Å². The standard InChI is InChI=1S/C17H23BrN2O4/c1-17(2,3)24-16(23)20-8-6-12(7-9-20)19-15(22)13-5-4-11(18)10-14(13)21/h4-5,10,12,21H,6-9H2,1-3H3,(H,19,22). The van der Waals surface area contributed by atoms with Crippen molar-refractivity contribution in [1.29, 1.82) is 0 Å². The Labute approximate surface area is 150 Å². The number of hydrogen-bond donors (Lipinski definition) is 2. The van der Waals surface area contributed by atoms with Gasteiger partial charge in [-0.15, -0.1) is 0 Å². The number of nitrogens with one attached hydrogen (secondary N) is 1. The highest BCUT2D eigenvalue weighted by Crippen LogP contribution is 2.23. The Kier molecular flexibility index (Phi) is 5.74. The quantitative estimate of drug-likeness (QED) is 0.800. The first-order chi connectivity index (χ1) is 11.2. The number of carbonyl (C=O) groups excluding carboxylic acids is 2. The van der Waals surface area contributed by atoms with Crippen LogP contribution in [0.25, 0.3) is 0 Å². The second kappa shape index (κ2) is 7.42. The van der Waals surface area contributed by atoms with Crippen molar-refractivity contribution in [2.45, 2.75) is 45.3 Å². The minimum absolute atomic E-state index is 0.0285. The van der Waals surface area contributed by atoms with Gasteiger partial charge in [-0.05, 0) is 51.8 Å². The molecule has 132 valence electrons. The lowest BCUT2D eigenvalue weighted by molar-refractivity contribution is 0.0199. The van der Waals surface area contributed by atoms with Crippen molar-refractivity contribution in [3.8, 4) is 5.75 Å². The maximum Gasteiger partial charge on any atom is 0.410 e. The molecule has 2 N–H and O–H groups in total. The van der Waals surface area contributed by atoms with Crippen LogP contribution in [0.4, 0.5) is 4.79 Å². The molecule has 0 radical (unpaired) electrons. The Morgan fingerprint density at radius 3 is 2.46 bits per heavy atom. The Hall–Kier alpha value is -1.76. The molecule has 2 amide bonds. The number of hydrogen-bond acceptors (Lipinski definition) is 4. The minimum atomic E-state index is -0.513. The van der Waals surface area contributed by atoms with Gasteiger partial charge in [-0.1, -0.05) is 15.9 Å². The molecule has 0 aromatic heterocycles. The van der Waals surface area contributed by atoms with Gasteiger partial charge in [0.25, 0.3) is 5.91 Å². The van der Waals surface area contributed by atoms with E-state index in [2.05, 4.69) is 21.2 Å². The van der Waals surface area contributed by atoms with Gasteiger partial charge in [0.15, 0.2) is 0 Å². The number of phenolic OH excluding ortho intramolecular Hbond substituents is 1. The van der Waals surface area contributed by atoms with Crippen LogP contribution in [-0.4, -0.2) is 46.7 Å². The fourth-order valence-electron chi connectivity index (χ4n) is 2.49. The first-order valence-corrected chi connectivity index (χ1v) is 8.72. The van der Waals surface area contributed by atoms with Crippen LogP contribution in [0.3, 0.4) is 0 Å². The molecule has 0 unspecified atom stereocenters. The third-order valence-electron chi connectivity index (χ3n) is 3.69. The normalized spacial score (nSPS) is 15.9. The third-order valence-corrected chi connectivity index (χ3v) is 4.18. The molecule has 0 aliphatic carbocycles. The zero-order valence-corrected chi connectivity index (χ0v) is 15.7. The number of amides is 2. The number of aromatic hydroxyl groups is 1. The van der Waals surface area contributed by atoms with Crippen molar-refractivity contribution < 1.29 is 19.4 Å². The predicted octanol–water partition coefficient (Wildman–Crippen LogP) is 3.28. The summed E-state index contributed by atoms with van der Waals surface area (Å²) in [5, 5.41) is 12.8. The van der Waals surface area contributed by atoms with Gasteiger partial charge in [-0.25, -0.2) is 4.79 Å². The predicted molar refractivity (Wildman–Crippen MR) is 94.1 cm³/mol. The third kappa shape index (κ3) is 5.12. The van der Waals surface area contributed by atoms with E-state index in [1.165, 1.54) is 6.07 Å². The molecular weight excluding hydrogens is 376 g/mol. The van der Waals surface area contributed by atoms with E-state index in [1.54, 1.807) is 17.0 Å². The minimum Gasteiger partial charge on any atom is -0.507 e. The molecule has 0 saturated carbocycles. The number of phenols is 1. The van der Waals surface area contributed by atoms with E-state index in [0.717, 1.165) is 0 Å². The van der Waals surface area contributed by atoms with Crippen molar-refractivity contribution in [1.82, 2.24) is 10.2 Å². The number of piperidine rings is 1. The highest BCUT2D eigenvalue weighted by atomic mass is 79.9. The van der Waals surface area contributed by atoms with E-state index in [-0.39, 0.29) is 29.4 Å². The summed E-state index contributed by atoms with van der Waals surface area (Å²) in [6.07, 6.45) is 0.989. The van der Waals surface area contributed by atoms with Gasteiger partial charge in [-0.3, -0.25) is 4.79 Å². The lowest BCUT2D eigenvalue weighted by Gasteiger charge is -2.33. The zero-order valence-electron chi connectivity index (χ0n) is 14.1. The summed E-state index contributed by atoms with van der Waals surface area (Å²) >= 11 is 3.24. The Balaban J connectivity index is 1.86. The second-order valence-electron chi connectivity index (χ2n) is 6.88. The fourth-order valence-corrected chi connectivity index (χ4v) is 2.84. The van der Waals surface area contributed by atoms with Crippen molar-refractivity contribution >= 4 is 27.9 Å². The molecule has 24 heavy (non-hydrogen) atoms. The van der Waals surface area contributed by atoms with E-state index >= 15 is 0 Å². The van der Waals surface area contributed by atoms with Crippen molar-refractivity contribution in [2.75, 3.05) is 13.1 Å². The number of halogens is 1. The van der Waals surface area contributed by atoms with Gasteiger partial charge < -0.3 is 20.1 Å². The number of ether oxygens (including phenoxy) is 1. The van der Waals surface area contributed by atoms with E-state index in [0.29, 0.717) is 30.4 Å². The van der Waals surface area contributed by atoms with Crippen LogP contribution in [0.15, 0.2) is 22.7 Å². The van der Waals surface area contributed by atoms with Gasteiger partial charge >= 0.3 is 6.09 Å². The van der Waals surface area contributed by atoms with Gasteiger partial charge in [0, 0.05) is 23.6 Å². The lowest BCUT2D eigenvalue weighted by Crippen LogP contribution is -2.47. The Morgan fingerprint density at radius 2 is 1.92 bits per heavy atom. The summed E-state index contributed by atoms with van der Waals surface area (Å²) in [4.78, 5) is 25.9. The van der Waals surface area contributed by atoms with Crippen LogP contribution in [0.2, 0.25) is 0 Å². The van der Waals surface area contributed by atoms with Crippen molar-refractivity contribution in [2.24, 2.45) is 0 Å². The first-order valence-electron chi connectivity index (χ1n) is 7.93. The number of rotatable bonds is 2. The second-order valence-corrected chi connectivity index (χ2v) is 7.79. The average Bonchev–Trinajstić information content (AvgIpc) is 2.45. The van der Waals surface area contributed by atoms with Crippen molar-refractivity contribution in [3.63, 3.8) is 0 Å². The smallest absolute Gasteiger partial charge is 0.410 e. The van der Waals surface area contributed by atoms with E-state index in [1.807, 2.05) is 20.8 Å². The van der Waals surface area contributed by atoms with Crippen LogP contribution < -0.4 is 5.32 Å². The molecule has 1 saturated heterocycles. The summed E-state index contributed by atoms with van der Waals surface area (Å²) in [5.41, 5.74) is -0.269. The number of likely N-dealkylation sites (tertiary alicyclic amines) is 1. The number of carbonyl (C=O) groups is 2. The van der Waals surface area contributed by atoms with Crippen LogP contribution in [0.5, 0.6) is 5.75 Å². The molecule has 1 fully saturated rings.